The number of carbonyl (C=O) groups is 3. The van der Waals surface area contributed by atoms with Gasteiger partial charge in [0, 0.05) is 31.4 Å². The van der Waals surface area contributed by atoms with Crippen molar-refractivity contribution in [3.8, 4) is 0 Å². The number of alkyl halides is 2. The molecule has 1 amide bonds. The molecule has 1 unspecified atom stereocenters. The zero-order valence-electron chi connectivity index (χ0n) is 14.6. The minimum atomic E-state index is -2.76. The molecule has 1 aromatic carbocycles. The van der Waals surface area contributed by atoms with Gasteiger partial charge in [0.1, 0.15) is 11.6 Å². The quantitative estimate of drug-likeness (QED) is 0.739. The Hall–Kier alpha value is -2.44. The number of hydrogen-bond acceptors (Lipinski definition) is 3. The molecule has 0 N–H and O–H groups in total. The summed E-state index contributed by atoms with van der Waals surface area (Å²) in [5.74, 6) is -4.25. The third kappa shape index (κ3) is 3.19. The normalized spacial score (nSPS) is 24.9. The van der Waals surface area contributed by atoms with Crippen LogP contribution in [0.4, 0.5) is 13.2 Å². The molecule has 1 aliphatic heterocycles. The molecule has 1 saturated carbocycles. The van der Waals surface area contributed by atoms with Crippen LogP contribution in [-0.2, 0) is 16.1 Å². The van der Waals surface area contributed by atoms with Crippen LogP contribution in [0.25, 0.3) is 5.57 Å². The van der Waals surface area contributed by atoms with Crippen molar-refractivity contribution in [1.82, 2.24) is 4.90 Å². The number of Topliss-reactive ketones (excluding diaryl/α,β-unsaturated/α-hetero) is 2. The number of amides is 1. The fourth-order valence-electron chi connectivity index (χ4n) is 4.16. The van der Waals surface area contributed by atoms with Crippen LogP contribution in [0.1, 0.15) is 60.0 Å². The standard InChI is InChI=1S/C20H18F3NO3/c21-12-7-14(11-3-5-20(22,23)6-4-11)16-10-24(19(27)15(16)8-12)17-2-1-13(25)9-18(17)26/h3,7-8,17H,1-2,4-6,9-10H2. The molecule has 1 aromatic rings. The SMILES string of the molecule is O=C1CCC(N2Cc3c(cc(F)cc3C3=CCC(F)(F)CC3)C2=O)C(=O)C1. The second kappa shape index (κ2) is 6.32. The van der Waals surface area contributed by atoms with E-state index in [0.717, 1.165) is 6.07 Å². The molecular formula is C20H18F3NO3. The maximum atomic E-state index is 14.1. The molecule has 142 valence electrons. The van der Waals surface area contributed by atoms with Crippen molar-refractivity contribution in [3.05, 3.63) is 40.7 Å². The van der Waals surface area contributed by atoms with E-state index < -0.39 is 30.1 Å². The summed E-state index contributed by atoms with van der Waals surface area (Å²) in [5, 5.41) is 0. The van der Waals surface area contributed by atoms with Crippen LogP contribution in [0.3, 0.4) is 0 Å². The topological polar surface area (TPSA) is 54.5 Å². The number of carbonyl (C=O) groups excluding carboxylic acids is 3. The molecule has 7 heteroatoms. The van der Waals surface area contributed by atoms with Gasteiger partial charge in [-0.15, -0.1) is 0 Å². The lowest BCUT2D eigenvalue weighted by atomic mass is 9.88. The Morgan fingerprint density at radius 2 is 1.81 bits per heavy atom. The van der Waals surface area contributed by atoms with E-state index in [4.69, 9.17) is 0 Å². The average molecular weight is 377 g/mol. The van der Waals surface area contributed by atoms with Gasteiger partial charge in [0.15, 0.2) is 5.78 Å². The van der Waals surface area contributed by atoms with Crippen LogP contribution in [0.5, 0.6) is 0 Å². The maximum absolute atomic E-state index is 14.1. The fraction of sp³-hybridized carbons (Fsp3) is 0.450. The zero-order valence-corrected chi connectivity index (χ0v) is 14.6. The molecule has 4 rings (SSSR count). The van der Waals surface area contributed by atoms with E-state index in [1.165, 1.54) is 17.0 Å². The van der Waals surface area contributed by atoms with Gasteiger partial charge in [-0.25, -0.2) is 13.2 Å². The molecule has 2 aliphatic carbocycles. The summed E-state index contributed by atoms with van der Waals surface area (Å²) in [7, 11) is 0. The Bertz CT molecular complexity index is 891. The Morgan fingerprint density at radius 3 is 2.48 bits per heavy atom. The molecule has 1 fully saturated rings. The van der Waals surface area contributed by atoms with Crippen LogP contribution in [0.15, 0.2) is 18.2 Å². The van der Waals surface area contributed by atoms with Crippen LogP contribution in [-0.4, -0.2) is 34.3 Å². The minimum Gasteiger partial charge on any atom is -0.324 e. The molecule has 0 spiro atoms. The summed E-state index contributed by atoms with van der Waals surface area (Å²) in [5.41, 5.74) is 1.82. The van der Waals surface area contributed by atoms with Gasteiger partial charge in [0.2, 0.25) is 0 Å². The number of benzene rings is 1. The zero-order chi connectivity index (χ0) is 19.3. The smallest absolute Gasteiger partial charge is 0.255 e. The van der Waals surface area contributed by atoms with E-state index in [1.807, 2.05) is 0 Å². The summed E-state index contributed by atoms with van der Waals surface area (Å²) in [6, 6.07) is 1.72. The molecule has 0 aromatic heterocycles. The number of ketones is 2. The van der Waals surface area contributed by atoms with Gasteiger partial charge in [0.25, 0.3) is 11.8 Å². The van der Waals surface area contributed by atoms with E-state index in [0.29, 0.717) is 16.7 Å². The van der Waals surface area contributed by atoms with E-state index in [9.17, 15) is 27.6 Å². The van der Waals surface area contributed by atoms with E-state index in [-0.39, 0.29) is 55.8 Å². The predicted octanol–water partition coefficient (Wildman–Crippen LogP) is 3.67. The molecule has 1 heterocycles. The van der Waals surface area contributed by atoms with Gasteiger partial charge < -0.3 is 4.90 Å². The maximum Gasteiger partial charge on any atom is 0.255 e. The predicted molar refractivity (Wildman–Crippen MR) is 90.7 cm³/mol. The summed E-state index contributed by atoms with van der Waals surface area (Å²) < 4.78 is 41.0. The van der Waals surface area contributed by atoms with E-state index >= 15 is 0 Å². The van der Waals surface area contributed by atoms with Crippen LogP contribution in [0.2, 0.25) is 0 Å². The van der Waals surface area contributed by atoms with Crippen molar-refractivity contribution >= 4 is 23.0 Å². The lowest BCUT2D eigenvalue weighted by molar-refractivity contribution is -0.133. The highest BCUT2D eigenvalue weighted by molar-refractivity contribution is 6.08. The molecule has 0 saturated heterocycles. The first-order valence-electron chi connectivity index (χ1n) is 9.00. The number of hydrogen-bond donors (Lipinski definition) is 0. The highest BCUT2D eigenvalue weighted by Gasteiger charge is 2.41. The van der Waals surface area contributed by atoms with E-state index in [2.05, 4.69) is 0 Å². The minimum absolute atomic E-state index is 0.105. The van der Waals surface area contributed by atoms with Crippen LogP contribution >= 0.6 is 0 Å². The van der Waals surface area contributed by atoms with Crippen molar-refractivity contribution in [2.45, 2.75) is 57.0 Å². The average Bonchev–Trinajstić information content (AvgIpc) is 2.91. The third-order valence-corrected chi connectivity index (χ3v) is 5.60. The largest absolute Gasteiger partial charge is 0.324 e. The van der Waals surface area contributed by atoms with Crippen molar-refractivity contribution in [2.24, 2.45) is 0 Å². The lowest BCUT2D eigenvalue weighted by Crippen LogP contribution is -2.44. The molecule has 0 bridgehead atoms. The van der Waals surface area contributed by atoms with Gasteiger partial charge >= 0.3 is 0 Å². The van der Waals surface area contributed by atoms with E-state index in [1.54, 1.807) is 0 Å². The van der Waals surface area contributed by atoms with Gasteiger partial charge in [-0.2, -0.15) is 0 Å². The number of allylic oxidation sites excluding steroid dienone is 2. The van der Waals surface area contributed by atoms with Gasteiger partial charge in [-0.3, -0.25) is 14.4 Å². The summed E-state index contributed by atoms with van der Waals surface area (Å²) in [4.78, 5) is 37.9. The molecule has 0 radical (unpaired) electrons. The second-order valence-electron chi connectivity index (χ2n) is 7.44. The Labute approximate surface area is 154 Å². The van der Waals surface area contributed by atoms with Crippen LogP contribution < -0.4 is 0 Å². The van der Waals surface area contributed by atoms with Crippen molar-refractivity contribution < 1.29 is 27.6 Å². The van der Waals surface area contributed by atoms with Crippen molar-refractivity contribution in [3.63, 3.8) is 0 Å². The fourth-order valence-corrected chi connectivity index (χ4v) is 4.16. The molecule has 3 aliphatic rings. The first-order chi connectivity index (χ1) is 12.7. The molecular weight excluding hydrogens is 359 g/mol. The second-order valence-corrected chi connectivity index (χ2v) is 7.44. The first-order valence-corrected chi connectivity index (χ1v) is 9.00. The van der Waals surface area contributed by atoms with Crippen LogP contribution in [0, 0.1) is 5.82 Å². The summed E-state index contributed by atoms with van der Waals surface area (Å²) in [6.45, 7) is 0.127. The van der Waals surface area contributed by atoms with Crippen molar-refractivity contribution in [1.29, 1.82) is 0 Å². The molecule has 27 heavy (non-hydrogen) atoms. The summed E-state index contributed by atoms with van der Waals surface area (Å²) >= 11 is 0. The number of halogens is 3. The highest BCUT2D eigenvalue weighted by Crippen LogP contribution is 2.40. The van der Waals surface area contributed by atoms with Gasteiger partial charge in [-0.1, -0.05) is 6.08 Å². The van der Waals surface area contributed by atoms with Gasteiger partial charge in [-0.05, 0) is 41.7 Å². The van der Waals surface area contributed by atoms with Gasteiger partial charge in [0.05, 0.1) is 12.5 Å². The Kier molecular flexibility index (Phi) is 4.20. The lowest BCUT2D eigenvalue weighted by Gasteiger charge is -2.29. The molecule has 4 nitrogen and oxygen atoms in total. The Balaban J connectivity index is 1.68. The first kappa shape index (κ1) is 17.9. The molecule has 1 atom stereocenters. The third-order valence-electron chi connectivity index (χ3n) is 5.60. The number of fused-ring (bicyclic) bond motifs is 1. The summed E-state index contributed by atoms with van der Waals surface area (Å²) in [6.07, 6.45) is 1.11. The Morgan fingerprint density at radius 1 is 1.07 bits per heavy atom. The monoisotopic (exact) mass is 377 g/mol. The highest BCUT2D eigenvalue weighted by atomic mass is 19.3. The van der Waals surface area contributed by atoms with Crippen molar-refractivity contribution in [2.75, 3.05) is 0 Å². The number of nitrogens with zero attached hydrogens (tertiary/aromatic N) is 1. The number of rotatable bonds is 2.